The van der Waals surface area contributed by atoms with E-state index in [0.717, 1.165) is 12.0 Å². The monoisotopic (exact) mass is 456 g/mol. The summed E-state index contributed by atoms with van der Waals surface area (Å²) in [7, 11) is 0. The van der Waals surface area contributed by atoms with E-state index >= 15 is 0 Å². The van der Waals surface area contributed by atoms with E-state index in [1.54, 1.807) is 0 Å². The number of halogens is 1. The molecule has 2 nitrogen and oxygen atoms in total. The van der Waals surface area contributed by atoms with Crippen molar-refractivity contribution < 1.29 is 9.53 Å². The predicted octanol–water partition coefficient (Wildman–Crippen LogP) is 6.70. The van der Waals surface area contributed by atoms with Crippen molar-refractivity contribution in [1.82, 2.24) is 0 Å². The van der Waals surface area contributed by atoms with E-state index in [0.29, 0.717) is 12.5 Å². The van der Waals surface area contributed by atoms with Gasteiger partial charge in [0.25, 0.3) is 0 Å². The first kappa shape index (κ1) is 20.7. The molecule has 2 rings (SSSR count). The first-order valence-electron chi connectivity index (χ1n) is 10.1. The fourth-order valence-corrected chi connectivity index (χ4v) is 4.45. The Morgan fingerprint density at radius 2 is 1.64 bits per heavy atom. The fourth-order valence-electron chi connectivity index (χ4n) is 3.91. The van der Waals surface area contributed by atoms with Gasteiger partial charge in [-0.05, 0) is 41.6 Å². The highest BCUT2D eigenvalue weighted by molar-refractivity contribution is 14.1. The van der Waals surface area contributed by atoms with Crippen molar-refractivity contribution in [2.45, 2.75) is 77.2 Å². The molecule has 0 spiro atoms. The van der Waals surface area contributed by atoms with Crippen LogP contribution in [-0.4, -0.2) is 10.4 Å². The summed E-state index contributed by atoms with van der Waals surface area (Å²) in [5.74, 6) is 0.725. The van der Waals surface area contributed by atoms with Crippen molar-refractivity contribution in [3.63, 3.8) is 0 Å². The molecular formula is C22H33IO2. The van der Waals surface area contributed by atoms with Crippen molar-refractivity contribution in [2.24, 2.45) is 11.8 Å². The van der Waals surface area contributed by atoms with E-state index in [4.69, 9.17) is 4.74 Å². The lowest BCUT2D eigenvalue weighted by Crippen LogP contribution is -2.24. The fraction of sp³-hybridized carbons (Fsp3) is 0.682. The summed E-state index contributed by atoms with van der Waals surface area (Å²) in [6.07, 6.45) is 13.8. The molecule has 1 aliphatic carbocycles. The second-order valence-electron chi connectivity index (χ2n) is 7.34. The Labute approximate surface area is 167 Å². The van der Waals surface area contributed by atoms with Gasteiger partial charge in [-0.1, -0.05) is 97.9 Å². The molecule has 0 amide bonds. The highest BCUT2D eigenvalue weighted by atomic mass is 127. The Morgan fingerprint density at radius 3 is 2.32 bits per heavy atom. The molecule has 1 aliphatic rings. The van der Waals surface area contributed by atoms with Gasteiger partial charge in [-0.2, -0.15) is 0 Å². The maximum Gasteiger partial charge on any atom is 0.309 e. The van der Waals surface area contributed by atoms with Gasteiger partial charge in [-0.3, -0.25) is 4.79 Å². The standard InChI is InChI=1S/C22H33IO2/c23-17-11-4-2-1-3-8-16-21(20-14-9-10-15-20)22(24)25-18-19-12-6-5-7-13-19/h5-7,12-13,20-21H,1-4,8-11,14-18H2. The van der Waals surface area contributed by atoms with Crippen LogP contribution in [-0.2, 0) is 16.1 Å². The van der Waals surface area contributed by atoms with Crippen LogP contribution >= 0.6 is 22.6 Å². The predicted molar refractivity (Wildman–Crippen MR) is 113 cm³/mol. The number of hydrogen-bond acceptors (Lipinski definition) is 2. The summed E-state index contributed by atoms with van der Waals surface area (Å²) < 4.78 is 6.95. The number of hydrogen-bond donors (Lipinski definition) is 0. The van der Waals surface area contributed by atoms with Crippen LogP contribution in [0.3, 0.4) is 0 Å². The van der Waals surface area contributed by atoms with Crippen LogP contribution in [0.1, 0.15) is 76.2 Å². The lowest BCUT2D eigenvalue weighted by Gasteiger charge is -2.22. The van der Waals surface area contributed by atoms with Crippen molar-refractivity contribution >= 4 is 28.6 Å². The number of benzene rings is 1. The normalized spacial score (nSPS) is 16.0. The van der Waals surface area contributed by atoms with Crippen LogP contribution in [0, 0.1) is 11.8 Å². The van der Waals surface area contributed by atoms with Gasteiger partial charge >= 0.3 is 5.97 Å². The van der Waals surface area contributed by atoms with E-state index in [2.05, 4.69) is 22.6 Å². The summed E-state index contributed by atoms with van der Waals surface area (Å²) in [5.41, 5.74) is 1.08. The molecule has 25 heavy (non-hydrogen) atoms. The molecular weight excluding hydrogens is 423 g/mol. The Morgan fingerprint density at radius 1 is 1.00 bits per heavy atom. The van der Waals surface area contributed by atoms with Gasteiger partial charge < -0.3 is 4.74 Å². The zero-order chi connectivity index (χ0) is 17.7. The van der Waals surface area contributed by atoms with Crippen LogP contribution in [0.15, 0.2) is 30.3 Å². The molecule has 1 unspecified atom stereocenters. The lowest BCUT2D eigenvalue weighted by molar-refractivity contribution is -0.152. The molecule has 0 heterocycles. The van der Waals surface area contributed by atoms with Crippen LogP contribution in [0.5, 0.6) is 0 Å². The van der Waals surface area contributed by atoms with Crippen LogP contribution in [0.4, 0.5) is 0 Å². The molecule has 0 saturated heterocycles. The minimum absolute atomic E-state index is 0.0423. The maximum absolute atomic E-state index is 12.7. The molecule has 0 N–H and O–H groups in total. The molecule has 1 fully saturated rings. The quantitative estimate of drug-likeness (QED) is 0.151. The summed E-state index contributed by atoms with van der Waals surface area (Å²) in [5, 5.41) is 0. The Kier molecular flexibility index (Phi) is 10.5. The first-order valence-corrected chi connectivity index (χ1v) is 11.6. The minimum atomic E-state index is 0.0423. The Hall–Kier alpha value is -0.580. The SMILES string of the molecule is O=C(OCc1ccccc1)C(CCCCCCCCI)C1CCCC1. The first-order chi connectivity index (χ1) is 12.3. The van der Waals surface area contributed by atoms with Crippen molar-refractivity contribution in [3.8, 4) is 0 Å². The second kappa shape index (κ2) is 12.7. The third kappa shape index (κ3) is 8.10. The summed E-state index contributed by atoms with van der Waals surface area (Å²) in [4.78, 5) is 12.7. The molecule has 3 heteroatoms. The Bertz CT molecular complexity index is 468. The van der Waals surface area contributed by atoms with Crippen LogP contribution in [0.2, 0.25) is 0 Å². The number of carbonyl (C=O) groups is 1. The van der Waals surface area contributed by atoms with Crippen LogP contribution in [0.25, 0.3) is 0 Å². The highest BCUT2D eigenvalue weighted by Gasteiger charge is 2.31. The Balaban J connectivity index is 1.73. The average Bonchev–Trinajstić information content (AvgIpc) is 3.17. The summed E-state index contributed by atoms with van der Waals surface area (Å²) in [6, 6.07) is 10.0. The van der Waals surface area contributed by atoms with Gasteiger partial charge in [0.2, 0.25) is 0 Å². The maximum atomic E-state index is 12.7. The number of rotatable bonds is 12. The van der Waals surface area contributed by atoms with Crippen molar-refractivity contribution in [3.05, 3.63) is 35.9 Å². The number of esters is 1. The number of unbranched alkanes of at least 4 members (excludes halogenated alkanes) is 5. The molecule has 1 aromatic carbocycles. The lowest BCUT2D eigenvalue weighted by atomic mass is 9.86. The van der Waals surface area contributed by atoms with Gasteiger partial charge in [-0.25, -0.2) is 0 Å². The molecule has 0 aliphatic heterocycles. The summed E-state index contributed by atoms with van der Waals surface area (Å²) in [6.45, 7) is 0.416. The van der Waals surface area contributed by atoms with E-state index in [-0.39, 0.29) is 11.9 Å². The van der Waals surface area contributed by atoms with Crippen molar-refractivity contribution in [1.29, 1.82) is 0 Å². The van der Waals surface area contributed by atoms with Gasteiger partial charge in [0.15, 0.2) is 0 Å². The van der Waals surface area contributed by atoms with E-state index in [1.165, 1.54) is 68.6 Å². The van der Waals surface area contributed by atoms with Crippen molar-refractivity contribution in [2.75, 3.05) is 4.43 Å². The molecule has 1 aromatic rings. The molecule has 0 aromatic heterocycles. The molecule has 0 radical (unpaired) electrons. The van der Waals surface area contributed by atoms with Gasteiger partial charge in [0, 0.05) is 0 Å². The summed E-state index contributed by atoms with van der Waals surface area (Å²) >= 11 is 2.45. The third-order valence-electron chi connectivity index (χ3n) is 5.39. The van der Waals surface area contributed by atoms with E-state index in [1.807, 2.05) is 30.3 Å². The number of carbonyl (C=O) groups excluding carboxylic acids is 1. The molecule has 1 saturated carbocycles. The van der Waals surface area contributed by atoms with Gasteiger partial charge in [0.1, 0.15) is 6.61 Å². The number of ether oxygens (including phenoxy) is 1. The average molecular weight is 456 g/mol. The zero-order valence-electron chi connectivity index (χ0n) is 15.4. The molecule has 1 atom stereocenters. The van der Waals surface area contributed by atoms with Gasteiger partial charge in [0.05, 0.1) is 5.92 Å². The highest BCUT2D eigenvalue weighted by Crippen LogP contribution is 2.35. The van der Waals surface area contributed by atoms with Crippen LogP contribution < -0.4 is 0 Å². The van der Waals surface area contributed by atoms with Gasteiger partial charge in [-0.15, -0.1) is 0 Å². The zero-order valence-corrected chi connectivity index (χ0v) is 17.6. The minimum Gasteiger partial charge on any atom is -0.461 e. The second-order valence-corrected chi connectivity index (χ2v) is 8.42. The molecule has 140 valence electrons. The smallest absolute Gasteiger partial charge is 0.309 e. The van der Waals surface area contributed by atoms with E-state index < -0.39 is 0 Å². The topological polar surface area (TPSA) is 26.3 Å². The third-order valence-corrected chi connectivity index (χ3v) is 6.16. The largest absolute Gasteiger partial charge is 0.461 e. The van der Waals surface area contributed by atoms with E-state index in [9.17, 15) is 4.79 Å². The molecule has 0 bridgehead atoms. The number of alkyl halides is 1.